The van der Waals surface area contributed by atoms with Crippen molar-refractivity contribution in [2.75, 3.05) is 13.2 Å². The summed E-state index contributed by atoms with van der Waals surface area (Å²) >= 11 is 0. The van der Waals surface area contributed by atoms with Crippen molar-refractivity contribution >= 4 is 17.9 Å². The van der Waals surface area contributed by atoms with Gasteiger partial charge in [-0.1, -0.05) is 343 Å². The van der Waals surface area contributed by atoms with Crippen molar-refractivity contribution in [1.82, 2.24) is 0 Å². The number of ether oxygens (including phenoxy) is 3. The summed E-state index contributed by atoms with van der Waals surface area (Å²) in [5, 5.41) is 0. The Kier molecular flexibility index (Phi) is 66.7. The molecular formula is C76H132O6. The maximum absolute atomic E-state index is 12.9. The summed E-state index contributed by atoms with van der Waals surface area (Å²) in [4.78, 5) is 38.3. The van der Waals surface area contributed by atoms with Crippen LogP contribution in [-0.2, 0) is 28.6 Å². The summed E-state index contributed by atoms with van der Waals surface area (Å²) in [6.07, 6.45) is 94.8. The lowest BCUT2D eigenvalue weighted by Crippen LogP contribution is -2.30. The molecule has 0 aliphatic rings. The third-order valence-corrected chi connectivity index (χ3v) is 15.4. The predicted octanol–water partition coefficient (Wildman–Crippen LogP) is 24.4. The fourth-order valence-electron chi connectivity index (χ4n) is 10.1. The summed E-state index contributed by atoms with van der Waals surface area (Å²) in [6, 6.07) is 0. The number of hydrogen-bond acceptors (Lipinski definition) is 6. The minimum atomic E-state index is -0.826. The van der Waals surface area contributed by atoms with Gasteiger partial charge in [0, 0.05) is 12.8 Å². The molecule has 0 radical (unpaired) electrons. The van der Waals surface area contributed by atoms with Crippen LogP contribution in [0, 0.1) is 0 Å². The Hall–Kier alpha value is -3.67. The van der Waals surface area contributed by atoms with Crippen LogP contribution < -0.4 is 0 Å². The molecule has 0 bridgehead atoms. The van der Waals surface area contributed by atoms with E-state index < -0.39 is 12.1 Å². The van der Waals surface area contributed by atoms with E-state index in [9.17, 15) is 14.4 Å². The second-order valence-electron chi connectivity index (χ2n) is 23.4. The smallest absolute Gasteiger partial charge is 0.309 e. The lowest BCUT2D eigenvalue weighted by Gasteiger charge is -2.18. The van der Waals surface area contributed by atoms with Gasteiger partial charge in [-0.25, -0.2) is 0 Å². The SMILES string of the molecule is CC/C=C\C/C=C\C/C=C\C/C=C\C/C=C\CC(=O)OCC(COC(=O)CCCCCCCCCCCCCCCCCCCCCCCCCCCCCCCC)OC(=O)CCCCCCCC/C=C\C/C=C\C/C=C\CCCCC. The Morgan fingerprint density at radius 1 is 0.268 bits per heavy atom. The molecule has 0 aromatic heterocycles. The summed E-state index contributed by atoms with van der Waals surface area (Å²) in [7, 11) is 0. The third kappa shape index (κ3) is 67.1. The highest BCUT2D eigenvalue weighted by molar-refractivity contribution is 5.72. The average molecular weight is 1140 g/mol. The average Bonchev–Trinajstić information content (AvgIpc) is 3.47. The molecule has 0 saturated carbocycles. The molecule has 0 fully saturated rings. The molecular weight excluding hydrogens is 1010 g/mol. The van der Waals surface area contributed by atoms with E-state index in [1.165, 1.54) is 212 Å². The van der Waals surface area contributed by atoms with Gasteiger partial charge >= 0.3 is 17.9 Å². The first-order valence-corrected chi connectivity index (χ1v) is 35.2. The van der Waals surface area contributed by atoms with Gasteiger partial charge in [0.15, 0.2) is 6.10 Å². The monoisotopic (exact) mass is 1140 g/mol. The van der Waals surface area contributed by atoms with Gasteiger partial charge in [0.05, 0.1) is 6.42 Å². The molecule has 0 aromatic carbocycles. The van der Waals surface area contributed by atoms with Crippen molar-refractivity contribution in [3.8, 4) is 0 Å². The molecule has 0 saturated heterocycles. The molecule has 1 atom stereocenters. The van der Waals surface area contributed by atoms with E-state index in [4.69, 9.17) is 14.2 Å². The zero-order valence-corrected chi connectivity index (χ0v) is 54.2. The molecule has 6 heteroatoms. The zero-order valence-electron chi connectivity index (χ0n) is 54.2. The Bertz CT molecular complexity index is 1590. The molecule has 0 aliphatic carbocycles. The fraction of sp³-hybridized carbons (Fsp3) is 0.750. The Balaban J connectivity index is 4.29. The predicted molar refractivity (Wildman–Crippen MR) is 357 cm³/mol. The summed E-state index contributed by atoms with van der Waals surface area (Å²) in [5.41, 5.74) is 0. The largest absolute Gasteiger partial charge is 0.462 e. The molecule has 472 valence electrons. The molecule has 0 aromatic rings. The lowest BCUT2D eigenvalue weighted by atomic mass is 10.0. The van der Waals surface area contributed by atoms with Crippen LogP contribution in [0.1, 0.15) is 348 Å². The first-order valence-electron chi connectivity index (χ1n) is 35.2. The molecule has 0 spiro atoms. The second kappa shape index (κ2) is 69.8. The van der Waals surface area contributed by atoms with E-state index in [2.05, 4.69) is 106 Å². The first-order chi connectivity index (χ1) is 40.5. The van der Waals surface area contributed by atoms with Gasteiger partial charge in [0.25, 0.3) is 0 Å². The minimum Gasteiger partial charge on any atom is -0.462 e. The van der Waals surface area contributed by atoms with Crippen LogP contribution in [0.3, 0.4) is 0 Å². The molecule has 0 heterocycles. The Labute approximate surface area is 508 Å². The van der Waals surface area contributed by atoms with E-state index in [1.54, 1.807) is 6.08 Å². The number of carbonyl (C=O) groups excluding carboxylic acids is 3. The quantitative estimate of drug-likeness (QED) is 0.0261. The second-order valence-corrected chi connectivity index (χ2v) is 23.4. The molecule has 0 N–H and O–H groups in total. The van der Waals surface area contributed by atoms with E-state index in [0.717, 1.165) is 96.3 Å². The van der Waals surface area contributed by atoms with E-state index in [1.807, 2.05) is 6.08 Å². The van der Waals surface area contributed by atoms with Gasteiger partial charge in [0.2, 0.25) is 0 Å². The van der Waals surface area contributed by atoms with E-state index >= 15 is 0 Å². The van der Waals surface area contributed by atoms with Crippen molar-refractivity contribution in [3.05, 3.63) is 97.2 Å². The number of unbranched alkanes of at least 4 members (excludes halogenated alkanes) is 38. The van der Waals surface area contributed by atoms with Gasteiger partial charge in [-0.15, -0.1) is 0 Å². The van der Waals surface area contributed by atoms with Crippen LogP contribution in [0.2, 0.25) is 0 Å². The third-order valence-electron chi connectivity index (χ3n) is 15.4. The first kappa shape index (κ1) is 78.3. The maximum Gasteiger partial charge on any atom is 0.309 e. The van der Waals surface area contributed by atoms with Crippen LogP contribution in [0.5, 0.6) is 0 Å². The van der Waals surface area contributed by atoms with Crippen molar-refractivity contribution in [3.63, 3.8) is 0 Å². The van der Waals surface area contributed by atoms with Crippen molar-refractivity contribution in [2.24, 2.45) is 0 Å². The molecule has 0 amide bonds. The zero-order chi connectivity index (χ0) is 59.2. The molecule has 1 unspecified atom stereocenters. The van der Waals surface area contributed by atoms with Crippen LogP contribution >= 0.6 is 0 Å². The standard InChI is InChI=1S/C76H132O6/c1-4-7-10-13-16-19-22-25-28-30-32-33-34-35-36-37-38-39-40-41-42-44-45-48-51-54-57-60-63-66-69-75(78)81-72-73(71-80-74(77)68-65-62-59-56-53-50-47-27-24-21-18-15-12-9-6-3)82-76(79)70-67-64-61-58-55-52-49-46-43-31-29-26-23-20-17-14-11-8-5-2/h9,12,17-18,20-21,26-27,29,43,46-47,53,56,62,65,73H,4-8,10-11,13-16,19,22-25,28,30-42,44-45,48-52,54-55,57-61,63-64,66-72H2,1-3H3/b12-9-,20-17-,21-18-,29-26-,46-43-,47-27-,56-53-,65-62-. The van der Waals surface area contributed by atoms with Crippen molar-refractivity contribution < 1.29 is 28.6 Å². The molecule has 0 rings (SSSR count). The molecule has 6 nitrogen and oxygen atoms in total. The number of hydrogen-bond donors (Lipinski definition) is 0. The molecule has 0 aliphatic heterocycles. The van der Waals surface area contributed by atoms with Gasteiger partial charge < -0.3 is 14.2 Å². The molecule has 82 heavy (non-hydrogen) atoms. The maximum atomic E-state index is 12.9. The minimum absolute atomic E-state index is 0.111. The number of allylic oxidation sites excluding steroid dienone is 15. The highest BCUT2D eigenvalue weighted by Crippen LogP contribution is 2.18. The van der Waals surface area contributed by atoms with Crippen LogP contribution in [0.15, 0.2) is 97.2 Å². The van der Waals surface area contributed by atoms with E-state index in [-0.39, 0.29) is 31.6 Å². The Morgan fingerprint density at radius 3 is 0.878 bits per heavy atom. The summed E-state index contributed by atoms with van der Waals surface area (Å²) in [5.74, 6) is -1.04. The fourth-order valence-corrected chi connectivity index (χ4v) is 10.1. The Morgan fingerprint density at radius 2 is 0.524 bits per heavy atom. The van der Waals surface area contributed by atoms with Gasteiger partial charge in [-0.3, -0.25) is 14.4 Å². The van der Waals surface area contributed by atoms with Crippen molar-refractivity contribution in [2.45, 2.75) is 354 Å². The van der Waals surface area contributed by atoms with Crippen molar-refractivity contribution in [1.29, 1.82) is 0 Å². The van der Waals surface area contributed by atoms with Gasteiger partial charge in [-0.05, 0) is 83.5 Å². The summed E-state index contributed by atoms with van der Waals surface area (Å²) < 4.78 is 16.8. The van der Waals surface area contributed by atoms with Gasteiger partial charge in [0.1, 0.15) is 13.2 Å². The summed E-state index contributed by atoms with van der Waals surface area (Å²) in [6.45, 7) is 6.44. The van der Waals surface area contributed by atoms with E-state index in [0.29, 0.717) is 12.8 Å². The highest BCUT2D eigenvalue weighted by atomic mass is 16.6. The number of rotatable bonds is 64. The number of carbonyl (C=O) groups is 3. The van der Waals surface area contributed by atoms with Crippen LogP contribution in [0.25, 0.3) is 0 Å². The normalized spacial score (nSPS) is 12.7. The van der Waals surface area contributed by atoms with Gasteiger partial charge in [-0.2, -0.15) is 0 Å². The van der Waals surface area contributed by atoms with Crippen LogP contribution in [0.4, 0.5) is 0 Å². The van der Waals surface area contributed by atoms with Crippen LogP contribution in [-0.4, -0.2) is 37.2 Å². The highest BCUT2D eigenvalue weighted by Gasteiger charge is 2.19. The lowest BCUT2D eigenvalue weighted by molar-refractivity contribution is -0.166. The topological polar surface area (TPSA) is 78.9 Å². The number of esters is 3.